The smallest absolute Gasteiger partial charge is 0.370 e. The van der Waals surface area contributed by atoms with Crippen molar-refractivity contribution in [2.45, 2.75) is 49.6 Å². The van der Waals surface area contributed by atoms with E-state index in [1.807, 2.05) is 6.92 Å². The zero-order valence-electron chi connectivity index (χ0n) is 18.4. The molecule has 174 valence electrons. The Morgan fingerprint density at radius 2 is 2.12 bits per heavy atom. The standard InChI is InChI=1S/C23H27F3N2O2S2/c1-14(23(24,25)26)5-6-17-7-8-19(32(4,29)30)9-20(17)15(2)28-11-18-10-22(18,13-28)21-12-31-16(3)27-21/h7-9,12,14,18H,2,5-6,10-11,13H2,1,3-4H3. The second-order valence-corrected chi connectivity index (χ2v) is 12.3. The fraction of sp³-hybridized carbons (Fsp3) is 0.522. The van der Waals surface area contributed by atoms with Crippen LogP contribution in [0.2, 0.25) is 0 Å². The van der Waals surface area contributed by atoms with Crippen molar-refractivity contribution in [1.82, 2.24) is 9.88 Å². The van der Waals surface area contributed by atoms with Crippen LogP contribution in [-0.2, 0) is 21.7 Å². The molecule has 0 spiro atoms. The van der Waals surface area contributed by atoms with Crippen LogP contribution in [0.15, 0.2) is 35.1 Å². The summed E-state index contributed by atoms with van der Waals surface area (Å²) < 4.78 is 63.3. The second kappa shape index (κ2) is 7.87. The van der Waals surface area contributed by atoms with E-state index < -0.39 is 21.9 Å². The first-order valence-electron chi connectivity index (χ1n) is 10.6. The number of aryl methyl sites for hydroxylation is 2. The summed E-state index contributed by atoms with van der Waals surface area (Å²) in [6.45, 7) is 8.93. The van der Waals surface area contributed by atoms with E-state index in [-0.39, 0.29) is 23.2 Å². The zero-order valence-corrected chi connectivity index (χ0v) is 20.0. The number of hydrogen-bond acceptors (Lipinski definition) is 5. The average Bonchev–Trinajstić information content (AvgIpc) is 3.03. The van der Waals surface area contributed by atoms with Crippen LogP contribution in [0, 0.1) is 18.8 Å². The van der Waals surface area contributed by atoms with Crippen molar-refractivity contribution in [3.05, 3.63) is 52.0 Å². The SMILES string of the molecule is C=C(c1cc(S(C)(=O)=O)ccc1CCC(C)C(F)(F)F)N1CC2CC2(c2csc(C)n2)C1. The molecular weight excluding hydrogens is 457 g/mol. The van der Waals surface area contributed by atoms with Crippen LogP contribution >= 0.6 is 11.3 Å². The Bertz CT molecular complexity index is 1160. The molecule has 1 aliphatic carbocycles. The number of likely N-dealkylation sites (tertiary alicyclic amines) is 1. The molecule has 2 aliphatic rings. The van der Waals surface area contributed by atoms with Crippen LogP contribution in [0.4, 0.5) is 13.2 Å². The van der Waals surface area contributed by atoms with Gasteiger partial charge in [-0.1, -0.05) is 19.6 Å². The van der Waals surface area contributed by atoms with Crippen LogP contribution in [0.1, 0.15) is 41.6 Å². The molecule has 0 amide bonds. The largest absolute Gasteiger partial charge is 0.391 e. The summed E-state index contributed by atoms with van der Waals surface area (Å²) >= 11 is 1.63. The molecule has 3 atom stereocenters. The number of alkyl halides is 3. The van der Waals surface area contributed by atoms with Crippen LogP contribution in [0.3, 0.4) is 0 Å². The highest BCUT2D eigenvalue weighted by molar-refractivity contribution is 7.90. The van der Waals surface area contributed by atoms with Crippen LogP contribution in [0.25, 0.3) is 5.70 Å². The molecule has 1 aromatic heterocycles. The number of thiazole rings is 1. The first-order chi connectivity index (χ1) is 14.8. The number of nitrogens with zero attached hydrogens (tertiary/aromatic N) is 2. The van der Waals surface area contributed by atoms with Crippen molar-refractivity contribution < 1.29 is 21.6 Å². The summed E-state index contributed by atoms with van der Waals surface area (Å²) in [6.07, 6.45) is -1.91. The number of hydrogen-bond donors (Lipinski definition) is 0. The van der Waals surface area contributed by atoms with E-state index in [9.17, 15) is 21.6 Å². The Kier molecular flexibility index (Phi) is 5.73. The van der Waals surface area contributed by atoms with Gasteiger partial charge in [0.05, 0.1) is 21.5 Å². The van der Waals surface area contributed by atoms with Gasteiger partial charge in [0.25, 0.3) is 0 Å². The number of halogens is 3. The summed E-state index contributed by atoms with van der Waals surface area (Å²) in [5, 5.41) is 3.13. The van der Waals surface area contributed by atoms with Gasteiger partial charge < -0.3 is 4.90 Å². The summed E-state index contributed by atoms with van der Waals surface area (Å²) in [4.78, 5) is 6.97. The molecule has 1 aromatic carbocycles. The number of fused-ring (bicyclic) bond motifs is 1. The van der Waals surface area contributed by atoms with E-state index in [1.54, 1.807) is 23.5 Å². The van der Waals surface area contributed by atoms with E-state index in [0.29, 0.717) is 22.7 Å². The van der Waals surface area contributed by atoms with Crippen molar-refractivity contribution in [3.63, 3.8) is 0 Å². The van der Waals surface area contributed by atoms with Gasteiger partial charge in [-0.05, 0) is 49.8 Å². The Labute approximate surface area is 191 Å². The molecule has 2 aromatic rings. The maximum atomic E-state index is 13.0. The monoisotopic (exact) mass is 484 g/mol. The van der Waals surface area contributed by atoms with Gasteiger partial charge in [-0.2, -0.15) is 13.2 Å². The van der Waals surface area contributed by atoms with Gasteiger partial charge in [0.1, 0.15) is 0 Å². The highest BCUT2D eigenvalue weighted by atomic mass is 32.2. The fourth-order valence-corrected chi connectivity index (χ4v) is 6.02. The van der Waals surface area contributed by atoms with Crippen molar-refractivity contribution in [2.75, 3.05) is 19.3 Å². The molecule has 0 bridgehead atoms. The van der Waals surface area contributed by atoms with Gasteiger partial charge in [0.15, 0.2) is 9.84 Å². The lowest BCUT2D eigenvalue weighted by Crippen LogP contribution is -2.26. The lowest BCUT2D eigenvalue weighted by molar-refractivity contribution is -0.170. The minimum Gasteiger partial charge on any atom is -0.370 e. The minimum absolute atomic E-state index is 0.00705. The molecule has 1 saturated heterocycles. The number of benzene rings is 1. The van der Waals surface area contributed by atoms with Crippen molar-refractivity contribution >= 4 is 26.9 Å². The number of aromatic nitrogens is 1. The predicted molar refractivity (Wildman–Crippen MR) is 120 cm³/mol. The number of rotatable bonds is 7. The fourth-order valence-electron chi connectivity index (χ4n) is 4.66. The third kappa shape index (κ3) is 4.33. The number of sulfone groups is 1. The topological polar surface area (TPSA) is 50.3 Å². The van der Waals surface area contributed by atoms with E-state index >= 15 is 0 Å². The quantitative estimate of drug-likeness (QED) is 0.540. The van der Waals surface area contributed by atoms with Gasteiger partial charge >= 0.3 is 6.18 Å². The van der Waals surface area contributed by atoms with E-state index in [0.717, 1.165) is 36.5 Å². The predicted octanol–water partition coefficient (Wildman–Crippen LogP) is 5.23. The Balaban J connectivity index is 1.60. The Morgan fingerprint density at radius 3 is 2.72 bits per heavy atom. The molecule has 0 N–H and O–H groups in total. The Hall–Kier alpha value is -1.87. The third-order valence-corrected chi connectivity index (χ3v) is 8.77. The van der Waals surface area contributed by atoms with Crippen molar-refractivity contribution in [3.8, 4) is 0 Å². The second-order valence-electron chi connectivity index (χ2n) is 9.21. The molecule has 4 rings (SSSR count). The van der Waals surface area contributed by atoms with Crippen molar-refractivity contribution in [2.24, 2.45) is 11.8 Å². The van der Waals surface area contributed by atoms with Crippen LogP contribution in [-0.4, -0.2) is 43.8 Å². The molecule has 3 unspecified atom stereocenters. The van der Waals surface area contributed by atoms with Gasteiger partial charge in [-0.15, -0.1) is 11.3 Å². The van der Waals surface area contributed by atoms with Crippen LogP contribution < -0.4 is 0 Å². The Morgan fingerprint density at radius 1 is 1.41 bits per heavy atom. The first kappa shape index (κ1) is 23.3. The highest BCUT2D eigenvalue weighted by Crippen LogP contribution is 2.60. The average molecular weight is 485 g/mol. The molecule has 2 fully saturated rings. The van der Waals surface area contributed by atoms with Gasteiger partial charge in [0, 0.05) is 41.4 Å². The van der Waals surface area contributed by atoms with Crippen molar-refractivity contribution in [1.29, 1.82) is 0 Å². The lowest BCUT2D eigenvalue weighted by Gasteiger charge is -2.27. The van der Waals surface area contributed by atoms with Gasteiger partial charge in [-0.3, -0.25) is 0 Å². The molecule has 32 heavy (non-hydrogen) atoms. The molecule has 1 saturated carbocycles. The molecule has 2 heterocycles. The minimum atomic E-state index is -4.25. The summed E-state index contributed by atoms with van der Waals surface area (Å²) in [5.74, 6) is -0.971. The van der Waals surface area contributed by atoms with Gasteiger partial charge in [-0.25, -0.2) is 13.4 Å². The maximum absolute atomic E-state index is 13.0. The van der Waals surface area contributed by atoms with Gasteiger partial charge in [0.2, 0.25) is 0 Å². The normalized spacial score (nSPS) is 23.8. The van der Waals surface area contributed by atoms with E-state index in [2.05, 4.69) is 21.8 Å². The van der Waals surface area contributed by atoms with Crippen LogP contribution in [0.5, 0.6) is 0 Å². The third-order valence-electron chi connectivity index (χ3n) is 6.88. The lowest BCUT2D eigenvalue weighted by atomic mass is 9.95. The molecular formula is C23H27F3N2O2S2. The maximum Gasteiger partial charge on any atom is 0.391 e. The molecule has 9 heteroatoms. The zero-order chi connectivity index (χ0) is 23.5. The highest BCUT2D eigenvalue weighted by Gasteiger charge is 2.62. The number of piperidine rings is 1. The molecule has 4 nitrogen and oxygen atoms in total. The van der Waals surface area contributed by atoms with E-state index in [1.165, 1.54) is 13.0 Å². The van der Waals surface area contributed by atoms with E-state index in [4.69, 9.17) is 0 Å². The summed E-state index contributed by atoms with van der Waals surface area (Å²) in [7, 11) is -3.46. The summed E-state index contributed by atoms with van der Waals surface area (Å²) in [5.41, 5.74) is 3.09. The molecule has 1 aliphatic heterocycles. The first-order valence-corrected chi connectivity index (χ1v) is 13.3. The molecule has 0 radical (unpaired) electrons. The summed E-state index contributed by atoms with van der Waals surface area (Å²) in [6, 6.07) is 4.67.